The number of fused-ring (bicyclic) bond motifs is 1. The largest absolute Gasteiger partial charge is 0.395 e. The maximum absolute atomic E-state index is 8.79. The normalized spacial score (nSPS) is 11.1. The molecule has 0 unspecified atom stereocenters. The molecule has 21 heavy (non-hydrogen) atoms. The van der Waals surface area contributed by atoms with Gasteiger partial charge in [-0.05, 0) is 24.3 Å². The summed E-state index contributed by atoms with van der Waals surface area (Å²) in [5.74, 6) is 0.691. The predicted molar refractivity (Wildman–Crippen MR) is 80.4 cm³/mol. The number of nitrogens with zero attached hydrogens (tertiary/aromatic N) is 4. The first-order valence-corrected chi connectivity index (χ1v) is 7.28. The topological polar surface area (TPSA) is 84.6 Å². The molecule has 2 N–H and O–H groups in total. The van der Waals surface area contributed by atoms with Gasteiger partial charge in [0.25, 0.3) is 0 Å². The quantitative estimate of drug-likeness (QED) is 0.716. The van der Waals surface area contributed by atoms with Crippen molar-refractivity contribution in [1.29, 1.82) is 0 Å². The number of ether oxygens (including phenoxy) is 1. The summed E-state index contributed by atoms with van der Waals surface area (Å²) in [5.41, 5.74) is 1.99. The molecule has 0 atom stereocenters. The number of hydrogen-bond acceptors (Lipinski definition) is 7. The van der Waals surface area contributed by atoms with Crippen molar-refractivity contribution in [2.24, 2.45) is 0 Å². The Morgan fingerprint density at radius 3 is 2.81 bits per heavy atom. The minimum atomic E-state index is 0.112. The van der Waals surface area contributed by atoms with Gasteiger partial charge in [0.1, 0.15) is 11.6 Å². The van der Waals surface area contributed by atoms with E-state index in [1.165, 1.54) is 11.3 Å². The highest BCUT2D eigenvalue weighted by Crippen LogP contribution is 2.26. The summed E-state index contributed by atoms with van der Waals surface area (Å²) in [6, 6.07) is 7.90. The van der Waals surface area contributed by atoms with Gasteiger partial charge in [-0.2, -0.15) is 9.61 Å². The molecule has 0 saturated carbocycles. The van der Waals surface area contributed by atoms with Crippen LogP contribution in [0.2, 0.25) is 0 Å². The lowest BCUT2D eigenvalue weighted by Crippen LogP contribution is -2.04. The van der Waals surface area contributed by atoms with Crippen LogP contribution in [0, 0.1) is 0 Å². The summed E-state index contributed by atoms with van der Waals surface area (Å²) < 4.78 is 6.78. The third-order valence-corrected chi connectivity index (χ3v) is 3.85. The molecule has 7 nitrogen and oxygen atoms in total. The van der Waals surface area contributed by atoms with E-state index in [4.69, 9.17) is 9.84 Å². The van der Waals surface area contributed by atoms with Gasteiger partial charge in [0.2, 0.25) is 4.96 Å². The summed E-state index contributed by atoms with van der Waals surface area (Å²) in [6.07, 6.45) is 0. The molecule has 0 radical (unpaired) electrons. The zero-order valence-electron chi connectivity index (χ0n) is 11.5. The monoisotopic (exact) mass is 305 g/mol. The number of rotatable bonds is 6. The average Bonchev–Trinajstić information content (AvgIpc) is 3.08. The Hall–Kier alpha value is -2.03. The van der Waals surface area contributed by atoms with Crippen LogP contribution >= 0.6 is 11.3 Å². The van der Waals surface area contributed by atoms with E-state index in [0.717, 1.165) is 21.2 Å². The molecule has 0 amide bonds. The maximum Gasteiger partial charge on any atom is 0.235 e. The second kappa shape index (κ2) is 6.17. The molecule has 0 aliphatic rings. The molecule has 3 aromatic rings. The predicted octanol–water partition coefficient (Wildman–Crippen LogP) is 1.40. The van der Waals surface area contributed by atoms with Gasteiger partial charge in [-0.3, -0.25) is 0 Å². The Morgan fingerprint density at radius 2 is 2.10 bits per heavy atom. The molecule has 0 fully saturated rings. The van der Waals surface area contributed by atoms with Crippen LogP contribution in [0.15, 0.2) is 24.3 Å². The van der Waals surface area contributed by atoms with Crippen LogP contribution in [0.3, 0.4) is 0 Å². The molecule has 0 spiro atoms. The minimum Gasteiger partial charge on any atom is -0.395 e. The van der Waals surface area contributed by atoms with E-state index in [2.05, 4.69) is 20.6 Å². The lowest BCUT2D eigenvalue weighted by molar-refractivity contribution is 0.176. The van der Waals surface area contributed by atoms with Crippen LogP contribution in [-0.4, -0.2) is 45.2 Å². The first-order chi connectivity index (χ1) is 10.3. The van der Waals surface area contributed by atoms with Crippen molar-refractivity contribution in [2.75, 3.05) is 25.6 Å². The standard InChI is InChI=1S/C13H15N5O2S/c1-20-8-11-15-16-13-18(11)17-12(21-13)9-2-4-10(5-3-9)14-6-7-19/h2-5,14,19H,6-8H2,1H3. The molecule has 0 saturated heterocycles. The first kappa shape index (κ1) is 13.9. The molecule has 110 valence electrons. The number of methoxy groups -OCH3 is 1. The third-order valence-electron chi connectivity index (χ3n) is 2.90. The van der Waals surface area contributed by atoms with E-state index < -0.39 is 0 Å². The van der Waals surface area contributed by atoms with Gasteiger partial charge in [0.05, 0.1) is 6.61 Å². The van der Waals surface area contributed by atoms with Crippen LogP contribution in [0.5, 0.6) is 0 Å². The Bertz CT molecular complexity index is 722. The number of hydrogen-bond donors (Lipinski definition) is 2. The van der Waals surface area contributed by atoms with Crippen molar-refractivity contribution < 1.29 is 9.84 Å². The summed E-state index contributed by atoms with van der Waals surface area (Å²) in [7, 11) is 1.62. The van der Waals surface area contributed by atoms with Crippen molar-refractivity contribution >= 4 is 22.0 Å². The number of aromatic nitrogens is 4. The molecule has 0 aliphatic carbocycles. The van der Waals surface area contributed by atoms with Gasteiger partial charge in [0, 0.05) is 24.9 Å². The second-order valence-electron chi connectivity index (χ2n) is 4.38. The number of anilines is 1. The Kier molecular flexibility index (Phi) is 4.09. The van der Waals surface area contributed by atoms with Crippen molar-refractivity contribution in [3.05, 3.63) is 30.1 Å². The van der Waals surface area contributed by atoms with Gasteiger partial charge in [0.15, 0.2) is 5.82 Å². The molecule has 0 aliphatic heterocycles. The SMILES string of the molecule is COCc1nnc2sc(-c3ccc(NCCO)cc3)nn12. The van der Waals surface area contributed by atoms with Gasteiger partial charge < -0.3 is 15.2 Å². The maximum atomic E-state index is 8.79. The number of benzene rings is 1. The van der Waals surface area contributed by atoms with Crippen LogP contribution in [0.4, 0.5) is 5.69 Å². The fourth-order valence-corrected chi connectivity index (χ4v) is 2.79. The average molecular weight is 305 g/mol. The molecule has 3 rings (SSSR count). The lowest BCUT2D eigenvalue weighted by atomic mass is 10.2. The zero-order chi connectivity index (χ0) is 14.7. The third kappa shape index (κ3) is 2.87. The molecule has 2 heterocycles. The van der Waals surface area contributed by atoms with E-state index in [1.54, 1.807) is 11.6 Å². The zero-order valence-corrected chi connectivity index (χ0v) is 12.3. The lowest BCUT2D eigenvalue weighted by Gasteiger charge is -2.04. The van der Waals surface area contributed by atoms with Crippen LogP contribution < -0.4 is 5.32 Å². The van der Waals surface area contributed by atoms with E-state index >= 15 is 0 Å². The van der Waals surface area contributed by atoms with E-state index in [-0.39, 0.29) is 6.61 Å². The van der Waals surface area contributed by atoms with Gasteiger partial charge in [-0.1, -0.05) is 11.3 Å². The highest BCUT2D eigenvalue weighted by atomic mass is 32.1. The Balaban J connectivity index is 1.86. The Labute approximate surface area is 125 Å². The van der Waals surface area contributed by atoms with E-state index in [0.29, 0.717) is 19.0 Å². The molecule has 1 aromatic carbocycles. The van der Waals surface area contributed by atoms with Crippen molar-refractivity contribution in [3.8, 4) is 10.6 Å². The summed E-state index contributed by atoms with van der Waals surface area (Å²) in [6.45, 7) is 1.03. The summed E-state index contributed by atoms with van der Waals surface area (Å²) >= 11 is 1.48. The number of aliphatic hydroxyl groups is 1. The first-order valence-electron chi connectivity index (χ1n) is 6.47. The van der Waals surface area contributed by atoms with Crippen molar-refractivity contribution in [2.45, 2.75) is 6.61 Å². The molecule has 0 bridgehead atoms. The fourth-order valence-electron chi connectivity index (χ4n) is 1.92. The van der Waals surface area contributed by atoms with Crippen LogP contribution in [0.25, 0.3) is 15.5 Å². The van der Waals surface area contributed by atoms with Gasteiger partial charge in [-0.25, -0.2) is 0 Å². The summed E-state index contributed by atoms with van der Waals surface area (Å²) in [4.78, 5) is 0.750. The van der Waals surface area contributed by atoms with E-state index in [1.807, 2.05) is 24.3 Å². The second-order valence-corrected chi connectivity index (χ2v) is 5.33. The smallest absolute Gasteiger partial charge is 0.235 e. The van der Waals surface area contributed by atoms with Crippen molar-refractivity contribution in [1.82, 2.24) is 19.8 Å². The van der Waals surface area contributed by atoms with Crippen molar-refractivity contribution in [3.63, 3.8) is 0 Å². The van der Waals surface area contributed by atoms with Crippen LogP contribution in [0.1, 0.15) is 5.82 Å². The molecule has 2 aromatic heterocycles. The van der Waals surface area contributed by atoms with Gasteiger partial charge in [-0.15, -0.1) is 10.2 Å². The summed E-state index contributed by atoms with van der Waals surface area (Å²) in [5, 5.41) is 25.4. The van der Waals surface area contributed by atoms with E-state index in [9.17, 15) is 0 Å². The highest BCUT2D eigenvalue weighted by molar-refractivity contribution is 7.19. The molecular weight excluding hydrogens is 290 g/mol. The molecular formula is C13H15N5O2S. The van der Waals surface area contributed by atoms with Crippen LogP contribution in [-0.2, 0) is 11.3 Å². The number of nitrogens with one attached hydrogen (secondary N) is 1. The highest BCUT2D eigenvalue weighted by Gasteiger charge is 2.12. The Morgan fingerprint density at radius 1 is 1.29 bits per heavy atom. The van der Waals surface area contributed by atoms with Gasteiger partial charge >= 0.3 is 0 Å². The fraction of sp³-hybridized carbons (Fsp3) is 0.308. The molecule has 8 heteroatoms. The minimum absolute atomic E-state index is 0.112. The number of aliphatic hydroxyl groups excluding tert-OH is 1.